The molecule has 1 saturated carbocycles. The van der Waals surface area contributed by atoms with Crippen LogP contribution in [0.2, 0.25) is 0 Å². The van der Waals surface area contributed by atoms with E-state index in [0.29, 0.717) is 11.6 Å². The van der Waals surface area contributed by atoms with Crippen LogP contribution in [0.3, 0.4) is 0 Å². The molecule has 0 saturated heterocycles. The normalized spacial score (nSPS) is 15.9. The number of hydrogen-bond acceptors (Lipinski definition) is 1. The number of halogens is 1. The summed E-state index contributed by atoms with van der Waals surface area (Å²) in [5.41, 5.74) is 4.06. The Balaban J connectivity index is 1.86. The van der Waals surface area contributed by atoms with E-state index in [1.165, 1.54) is 24.0 Å². The number of anilines is 1. The predicted octanol–water partition coefficient (Wildman–Crippen LogP) is 5.01. The highest BCUT2D eigenvalue weighted by molar-refractivity contribution is 5.49. The van der Waals surface area contributed by atoms with Gasteiger partial charge in [-0.3, -0.25) is 0 Å². The molecule has 0 aliphatic heterocycles. The van der Waals surface area contributed by atoms with Crippen LogP contribution < -0.4 is 5.32 Å². The number of nitrogens with one attached hydrogen (secondary N) is 1. The Kier molecular flexibility index (Phi) is 3.47. The van der Waals surface area contributed by atoms with E-state index in [0.717, 1.165) is 5.56 Å². The van der Waals surface area contributed by atoms with Crippen molar-refractivity contribution in [3.8, 4) is 0 Å². The van der Waals surface area contributed by atoms with E-state index < -0.39 is 0 Å². The molecule has 20 heavy (non-hydrogen) atoms. The molecule has 0 aromatic heterocycles. The van der Waals surface area contributed by atoms with Gasteiger partial charge in [0.15, 0.2) is 0 Å². The molecule has 1 fully saturated rings. The third-order valence-corrected chi connectivity index (χ3v) is 3.97. The Morgan fingerprint density at radius 3 is 2.25 bits per heavy atom. The van der Waals surface area contributed by atoms with Gasteiger partial charge in [-0.25, -0.2) is 4.39 Å². The number of benzene rings is 2. The highest BCUT2D eigenvalue weighted by atomic mass is 19.1. The van der Waals surface area contributed by atoms with Gasteiger partial charge in [0.05, 0.1) is 11.7 Å². The monoisotopic (exact) mass is 269 g/mol. The van der Waals surface area contributed by atoms with E-state index in [1.54, 1.807) is 6.07 Å². The van der Waals surface area contributed by atoms with Crippen molar-refractivity contribution in [2.24, 2.45) is 5.92 Å². The first kappa shape index (κ1) is 13.2. The minimum absolute atomic E-state index is 0.164. The van der Waals surface area contributed by atoms with E-state index in [9.17, 15) is 4.39 Å². The molecule has 0 heterocycles. The lowest BCUT2D eigenvalue weighted by atomic mass is 10.0. The maximum absolute atomic E-state index is 14.0. The van der Waals surface area contributed by atoms with E-state index >= 15 is 0 Å². The van der Waals surface area contributed by atoms with Gasteiger partial charge in [0.1, 0.15) is 5.82 Å². The third-order valence-electron chi connectivity index (χ3n) is 3.97. The number of rotatable bonds is 4. The van der Waals surface area contributed by atoms with Crippen LogP contribution in [0, 0.1) is 25.6 Å². The summed E-state index contributed by atoms with van der Waals surface area (Å²) in [6.07, 6.45) is 2.44. The van der Waals surface area contributed by atoms with Gasteiger partial charge in [0.2, 0.25) is 0 Å². The molecule has 0 amide bonds. The average molecular weight is 269 g/mol. The first-order chi connectivity index (χ1) is 9.63. The summed E-state index contributed by atoms with van der Waals surface area (Å²) < 4.78 is 14.0. The molecule has 2 heteroatoms. The second kappa shape index (κ2) is 5.28. The molecule has 3 rings (SSSR count). The quantitative estimate of drug-likeness (QED) is 0.823. The average Bonchev–Trinajstić information content (AvgIpc) is 3.24. The van der Waals surface area contributed by atoms with Gasteiger partial charge in [-0.15, -0.1) is 0 Å². The van der Waals surface area contributed by atoms with Gasteiger partial charge in [-0.1, -0.05) is 35.9 Å². The van der Waals surface area contributed by atoms with Crippen molar-refractivity contribution in [1.82, 2.24) is 0 Å². The predicted molar refractivity (Wildman–Crippen MR) is 81.4 cm³/mol. The lowest BCUT2D eigenvalue weighted by Crippen LogP contribution is -2.14. The first-order valence-electron chi connectivity index (χ1n) is 7.23. The molecule has 1 nitrogen and oxygen atoms in total. The molecule has 0 bridgehead atoms. The summed E-state index contributed by atoms with van der Waals surface area (Å²) in [5.74, 6) is 0.459. The van der Waals surface area contributed by atoms with E-state index in [1.807, 2.05) is 19.1 Å². The van der Waals surface area contributed by atoms with Crippen LogP contribution in [-0.4, -0.2) is 0 Å². The molecule has 1 atom stereocenters. The standard InChI is InChI=1S/C18H20FN/c1-12-3-6-14(7-4-12)18(15-8-9-15)20-17-10-5-13(2)11-16(17)19/h3-7,10-11,15,18,20H,8-9H2,1-2H3. The number of aryl methyl sites for hydroxylation is 2. The summed E-state index contributed by atoms with van der Waals surface area (Å²) in [7, 11) is 0. The first-order valence-corrected chi connectivity index (χ1v) is 7.23. The topological polar surface area (TPSA) is 12.0 Å². The summed E-state index contributed by atoms with van der Waals surface area (Å²) in [5, 5.41) is 3.40. The zero-order valence-electron chi connectivity index (χ0n) is 12.0. The Labute approximate surface area is 119 Å². The van der Waals surface area contributed by atoms with Crippen molar-refractivity contribution >= 4 is 5.69 Å². The van der Waals surface area contributed by atoms with Crippen LogP contribution in [0.15, 0.2) is 42.5 Å². The van der Waals surface area contributed by atoms with E-state index in [4.69, 9.17) is 0 Å². The lowest BCUT2D eigenvalue weighted by molar-refractivity contribution is 0.615. The van der Waals surface area contributed by atoms with E-state index in [-0.39, 0.29) is 11.9 Å². The van der Waals surface area contributed by atoms with Crippen molar-refractivity contribution in [2.75, 3.05) is 5.32 Å². The van der Waals surface area contributed by atoms with Crippen molar-refractivity contribution in [2.45, 2.75) is 32.7 Å². The summed E-state index contributed by atoms with van der Waals surface area (Å²) in [6.45, 7) is 3.99. The van der Waals surface area contributed by atoms with Crippen molar-refractivity contribution < 1.29 is 4.39 Å². The molecule has 1 aliphatic rings. The summed E-state index contributed by atoms with van der Waals surface area (Å²) >= 11 is 0. The maximum atomic E-state index is 14.0. The molecule has 2 aromatic rings. The van der Waals surface area contributed by atoms with Crippen LogP contribution in [-0.2, 0) is 0 Å². The lowest BCUT2D eigenvalue weighted by Gasteiger charge is -2.21. The van der Waals surface area contributed by atoms with Crippen molar-refractivity contribution in [1.29, 1.82) is 0 Å². The Morgan fingerprint density at radius 1 is 1.00 bits per heavy atom. The maximum Gasteiger partial charge on any atom is 0.146 e. The number of hydrogen-bond donors (Lipinski definition) is 1. The largest absolute Gasteiger partial charge is 0.376 e. The van der Waals surface area contributed by atoms with Gasteiger partial charge < -0.3 is 5.32 Å². The van der Waals surface area contributed by atoms with E-state index in [2.05, 4.69) is 36.5 Å². The molecule has 1 N–H and O–H groups in total. The Bertz CT molecular complexity index is 599. The molecule has 0 radical (unpaired) electrons. The molecular weight excluding hydrogens is 249 g/mol. The Morgan fingerprint density at radius 2 is 1.65 bits per heavy atom. The SMILES string of the molecule is Cc1ccc(C(Nc2ccc(C)cc2F)C2CC2)cc1. The summed E-state index contributed by atoms with van der Waals surface area (Å²) in [6, 6.07) is 14.1. The smallest absolute Gasteiger partial charge is 0.146 e. The van der Waals surface area contributed by atoms with Crippen LogP contribution in [0.1, 0.15) is 35.6 Å². The minimum Gasteiger partial charge on any atom is -0.376 e. The molecule has 1 unspecified atom stereocenters. The third kappa shape index (κ3) is 2.84. The highest BCUT2D eigenvalue weighted by Gasteiger charge is 2.32. The molecule has 2 aromatic carbocycles. The van der Waals surface area contributed by atoms with Gasteiger partial charge in [-0.2, -0.15) is 0 Å². The van der Waals surface area contributed by atoms with Crippen LogP contribution >= 0.6 is 0 Å². The van der Waals surface area contributed by atoms with Crippen LogP contribution in [0.5, 0.6) is 0 Å². The summed E-state index contributed by atoms with van der Waals surface area (Å²) in [4.78, 5) is 0. The van der Waals surface area contributed by atoms with Gasteiger partial charge in [0.25, 0.3) is 0 Å². The zero-order valence-corrected chi connectivity index (χ0v) is 12.0. The molecule has 0 spiro atoms. The Hall–Kier alpha value is -1.83. The van der Waals surface area contributed by atoms with Crippen molar-refractivity contribution in [3.63, 3.8) is 0 Å². The van der Waals surface area contributed by atoms with Crippen LogP contribution in [0.4, 0.5) is 10.1 Å². The van der Waals surface area contributed by atoms with Crippen LogP contribution in [0.25, 0.3) is 0 Å². The zero-order chi connectivity index (χ0) is 14.1. The fraction of sp³-hybridized carbons (Fsp3) is 0.333. The molecule has 104 valence electrons. The minimum atomic E-state index is -0.164. The van der Waals surface area contributed by atoms with Gasteiger partial charge in [-0.05, 0) is 55.9 Å². The fourth-order valence-electron chi connectivity index (χ4n) is 2.58. The van der Waals surface area contributed by atoms with Gasteiger partial charge in [0, 0.05) is 0 Å². The highest BCUT2D eigenvalue weighted by Crippen LogP contribution is 2.43. The molecular formula is C18H20FN. The van der Waals surface area contributed by atoms with Gasteiger partial charge >= 0.3 is 0 Å². The molecule has 1 aliphatic carbocycles. The fourth-order valence-corrected chi connectivity index (χ4v) is 2.58. The second-order valence-corrected chi connectivity index (χ2v) is 5.85. The van der Waals surface area contributed by atoms with Crippen molar-refractivity contribution in [3.05, 3.63) is 65.0 Å². The second-order valence-electron chi connectivity index (χ2n) is 5.85.